The Kier molecular flexibility index (Phi) is 9.08. The largest absolute Gasteiger partial charge is 0.379 e. The van der Waals surface area contributed by atoms with Crippen LogP contribution in [0.25, 0.3) is 0 Å². The Morgan fingerprint density at radius 1 is 1.12 bits per heavy atom. The summed E-state index contributed by atoms with van der Waals surface area (Å²) in [6.45, 7) is 10.4. The molecule has 2 aliphatic heterocycles. The number of pyridine rings is 1. The van der Waals surface area contributed by atoms with E-state index in [1.165, 1.54) is 29.1 Å². The highest BCUT2D eigenvalue weighted by molar-refractivity contribution is 7.80. The number of nitrogens with zero attached hydrogens (tertiary/aromatic N) is 4. The van der Waals surface area contributed by atoms with Crippen molar-refractivity contribution in [1.82, 2.24) is 24.7 Å². The fourth-order valence-corrected chi connectivity index (χ4v) is 6.04. The smallest absolute Gasteiger partial charge is 0.226 e. The molecule has 3 aromatic rings. The molecule has 2 atom stereocenters. The number of aryl methyl sites for hydroxylation is 1. The van der Waals surface area contributed by atoms with E-state index < -0.39 is 0 Å². The maximum absolute atomic E-state index is 13.3. The standard InChI is InChI=1S/C30H37FN6O2S/c1-21-20-25(22(2)36(21)14-5-13-35-16-18-39-19-17-35)29-28(26-6-3-4-12-32-26)34-30(40)37(29)15-11-27(38)33-24-9-7-23(31)8-10-24/h3-4,6-10,12,20,28-29H,5,11,13-19H2,1-2H3,(H,33,38)(H,34,40)/t28-,29-/m0/s1. The van der Waals surface area contributed by atoms with Gasteiger partial charge in [0.1, 0.15) is 5.82 Å². The number of rotatable bonds is 10. The van der Waals surface area contributed by atoms with E-state index in [2.05, 4.69) is 49.9 Å². The molecule has 2 N–H and O–H groups in total. The van der Waals surface area contributed by atoms with Gasteiger partial charge in [-0.05, 0) is 80.5 Å². The summed E-state index contributed by atoms with van der Waals surface area (Å²) in [4.78, 5) is 22.0. The Labute approximate surface area is 240 Å². The number of carbonyl (C=O) groups excluding carboxylic acids is 1. The average Bonchev–Trinajstić information content (AvgIpc) is 3.44. The third-order valence-corrected chi connectivity index (χ3v) is 8.15. The van der Waals surface area contributed by atoms with Crippen LogP contribution in [0.3, 0.4) is 0 Å². The number of hydrogen-bond donors (Lipinski definition) is 2. The number of morpholine rings is 1. The van der Waals surface area contributed by atoms with Crippen LogP contribution in [0.5, 0.6) is 0 Å². The number of carbonyl (C=O) groups is 1. The first-order valence-corrected chi connectivity index (χ1v) is 14.3. The Bertz CT molecular complexity index is 1310. The van der Waals surface area contributed by atoms with Crippen molar-refractivity contribution in [2.24, 2.45) is 0 Å². The number of amides is 1. The second kappa shape index (κ2) is 12.9. The van der Waals surface area contributed by atoms with Gasteiger partial charge in [0.2, 0.25) is 5.91 Å². The lowest BCUT2D eigenvalue weighted by Gasteiger charge is -2.28. The van der Waals surface area contributed by atoms with Crippen LogP contribution in [0.1, 0.15) is 47.6 Å². The minimum atomic E-state index is -0.339. The summed E-state index contributed by atoms with van der Waals surface area (Å²) in [6, 6.07) is 13.7. The molecule has 0 unspecified atom stereocenters. The summed E-state index contributed by atoms with van der Waals surface area (Å²) in [7, 11) is 0. The molecule has 40 heavy (non-hydrogen) atoms. The Morgan fingerprint density at radius 3 is 2.62 bits per heavy atom. The van der Waals surface area contributed by atoms with Gasteiger partial charge in [-0.25, -0.2) is 4.39 Å². The van der Waals surface area contributed by atoms with Crippen molar-refractivity contribution in [2.75, 3.05) is 44.7 Å². The number of benzene rings is 1. The number of anilines is 1. The molecule has 2 fully saturated rings. The van der Waals surface area contributed by atoms with Gasteiger partial charge in [-0.3, -0.25) is 14.7 Å². The number of halogens is 1. The van der Waals surface area contributed by atoms with E-state index in [-0.39, 0.29) is 30.2 Å². The minimum absolute atomic E-state index is 0.111. The minimum Gasteiger partial charge on any atom is -0.379 e. The van der Waals surface area contributed by atoms with Crippen LogP contribution in [0.2, 0.25) is 0 Å². The van der Waals surface area contributed by atoms with Crippen LogP contribution in [0.15, 0.2) is 54.7 Å². The van der Waals surface area contributed by atoms with E-state index in [4.69, 9.17) is 17.0 Å². The molecule has 1 amide bonds. The van der Waals surface area contributed by atoms with Crippen molar-refractivity contribution in [3.63, 3.8) is 0 Å². The van der Waals surface area contributed by atoms with Crippen molar-refractivity contribution < 1.29 is 13.9 Å². The molecular weight excluding hydrogens is 527 g/mol. The molecule has 2 aliphatic rings. The van der Waals surface area contributed by atoms with Gasteiger partial charge in [0.05, 0.1) is 31.0 Å². The van der Waals surface area contributed by atoms with Gasteiger partial charge in [0.15, 0.2) is 5.11 Å². The maximum Gasteiger partial charge on any atom is 0.226 e. The first kappa shape index (κ1) is 28.2. The highest BCUT2D eigenvalue weighted by atomic mass is 32.1. The third kappa shape index (κ3) is 6.51. The molecule has 10 heteroatoms. The lowest BCUT2D eigenvalue weighted by atomic mass is 9.96. The highest BCUT2D eigenvalue weighted by Gasteiger charge is 2.41. The zero-order chi connectivity index (χ0) is 28.1. The second-order valence-electron chi connectivity index (χ2n) is 10.4. The summed E-state index contributed by atoms with van der Waals surface area (Å²) in [6.07, 6.45) is 3.10. The third-order valence-electron chi connectivity index (χ3n) is 7.80. The van der Waals surface area contributed by atoms with Crippen molar-refractivity contribution in [2.45, 2.75) is 45.3 Å². The van der Waals surface area contributed by atoms with Gasteiger partial charge < -0.3 is 24.8 Å². The van der Waals surface area contributed by atoms with Crippen molar-refractivity contribution in [1.29, 1.82) is 0 Å². The van der Waals surface area contributed by atoms with Gasteiger partial charge in [0.25, 0.3) is 0 Å². The summed E-state index contributed by atoms with van der Waals surface area (Å²) in [5.41, 5.74) is 5.08. The van der Waals surface area contributed by atoms with E-state index in [0.29, 0.717) is 17.3 Å². The molecule has 4 heterocycles. The van der Waals surface area contributed by atoms with Crippen molar-refractivity contribution in [3.8, 4) is 0 Å². The summed E-state index contributed by atoms with van der Waals surface area (Å²) in [5, 5.41) is 6.94. The van der Waals surface area contributed by atoms with Gasteiger partial charge in [-0.15, -0.1) is 0 Å². The number of aromatic nitrogens is 2. The quantitative estimate of drug-likeness (QED) is 0.355. The summed E-state index contributed by atoms with van der Waals surface area (Å²) >= 11 is 5.81. The van der Waals surface area contributed by atoms with Crippen LogP contribution in [0.4, 0.5) is 10.1 Å². The van der Waals surface area contributed by atoms with Crippen LogP contribution < -0.4 is 10.6 Å². The number of hydrogen-bond acceptors (Lipinski definition) is 5. The van der Waals surface area contributed by atoms with Crippen molar-refractivity contribution >= 4 is 28.9 Å². The zero-order valence-electron chi connectivity index (χ0n) is 23.1. The van der Waals surface area contributed by atoms with Crippen LogP contribution in [0, 0.1) is 19.7 Å². The molecule has 5 rings (SSSR count). The molecule has 8 nitrogen and oxygen atoms in total. The Hall–Kier alpha value is -3.34. The Morgan fingerprint density at radius 2 is 1.90 bits per heavy atom. The molecule has 1 aromatic carbocycles. The fourth-order valence-electron chi connectivity index (χ4n) is 5.71. The predicted octanol–water partition coefficient (Wildman–Crippen LogP) is 4.36. The number of nitrogens with one attached hydrogen (secondary N) is 2. The van der Waals surface area contributed by atoms with E-state index in [9.17, 15) is 9.18 Å². The SMILES string of the molecule is Cc1cc([C@H]2[C@H](c3ccccn3)NC(=S)N2CCC(=O)Nc2ccc(F)cc2)c(C)n1CCCN1CCOCC1. The summed E-state index contributed by atoms with van der Waals surface area (Å²) in [5.74, 6) is -0.489. The molecule has 0 bridgehead atoms. The fraction of sp³-hybridized carbons (Fsp3) is 0.433. The first-order valence-electron chi connectivity index (χ1n) is 13.9. The highest BCUT2D eigenvalue weighted by Crippen LogP contribution is 2.41. The molecule has 0 spiro atoms. The monoisotopic (exact) mass is 564 g/mol. The topological polar surface area (TPSA) is 74.7 Å². The molecule has 0 radical (unpaired) electrons. The van der Waals surface area contributed by atoms with Gasteiger partial charge in [-0.1, -0.05) is 6.07 Å². The van der Waals surface area contributed by atoms with Crippen LogP contribution in [-0.2, 0) is 16.1 Å². The van der Waals surface area contributed by atoms with Gasteiger partial charge in [0, 0.05) is 62.4 Å². The summed E-state index contributed by atoms with van der Waals surface area (Å²) < 4.78 is 21.1. The molecule has 2 saturated heterocycles. The first-order chi connectivity index (χ1) is 19.4. The van der Waals surface area contributed by atoms with E-state index >= 15 is 0 Å². The van der Waals surface area contributed by atoms with E-state index in [1.807, 2.05) is 18.2 Å². The van der Waals surface area contributed by atoms with Gasteiger partial charge >= 0.3 is 0 Å². The Balaban J connectivity index is 1.34. The zero-order valence-corrected chi connectivity index (χ0v) is 23.9. The van der Waals surface area contributed by atoms with Crippen LogP contribution in [-0.4, -0.2) is 69.8 Å². The van der Waals surface area contributed by atoms with Gasteiger partial charge in [-0.2, -0.15) is 0 Å². The average molecular weight is 565 g/mol. The molecule has 0 aliphatic carbocycles. The van der Waals surface area contributed by atoms with E-state index in [0.717, 1.165) is 51.5 Å². The molecule has 0 saturated carbocycles. The lowest BCUT2D eigenvalue weighted by molar-refractivity contribution is -0.116. The predicted molar refractivity (Wildman–Crippen MR) is 158 cm³/mol. The molecule has 2 aromatic heterocycles. The second-order valence-corrected chi connectivity index (χ2v) is 10.8. The lowest BCUT2D eigenvalue weighted by Crippen LogP contribution is -2.37. The maximum atomic E-state index is 13.3. The molecular formula is C30H37FN6O2S. The van der Waals surface area contributed by atoms with E-state index in [1.54, 1.807) is 18.3 Å². The number of ether oxygens (including phenoxy) is 1. The van der Waals surface area contributed by atoms with Crippen LogP contribution >= 0.6 is 12.2 Å². The normalized spacial score (nSPS) is 19.6. The molecule has 212 valence electrons. The van der Waals surface area contributed by atoms with Crippen molar-refractivity contribution in [3.05, 3.63) is 83.2 Å². The number of thiocarbonyl (C=S) groups is 1.